The Kier molecular flexibility index (Phi) is 2.94. The van der Waals surface area contributed by atoms with E-state index >= 15 is 0 Å². The largest absolute Gasteiger partial charge is 0.384 e. The first-order chi connectivity index (χ1) is 6.37. The van der Waals surface area contributed by atoms with Gasteiger partial charge in [-0.2, -0.15) is 0 Å². The zero-order chi connectivity index (χ0) is 10.8. The number of anilines is 1. The van der Waals surface area contributed by atoms with Crippen molar-refractivity contribution in [3.8, 4) is 0 Å². The van der Waals surface area contributed by atoms with Crippen LogP contribution in [0.1, 0.15) is 32.0 Å². The van der Waals surface area contributed by atoms with Crippen LogP contribution in [0, 0.1) is 12.3 Å². The molecule has 1 aromatic heterocycles. The van der Waals surface area contributed by atoms with E-state index in [2.05, 4.69) is 31.8 Å². The highest BCUT2D eigenvalue weighted by Gasteiger charge is 2.03. The average Bonchev–Trinajstić information content (AvgIpc) is 1.97. The van der Waals surface area contributed by atoms with E-state index in [9.17, 15) is 0 Å². The molecule has 0 amide bonds. The van der Waals surface area contributed by atoms with Gasteiger partial charge in [0.25, 0.3) is 0 Å². The van der Waals surface area contributed by atoms with Gasteiger partial charge < -0.3 is 5.73 Å². The number of hydrogen-bond donors (Lipinski definition) is 1. The van der Waals surface area contributed by atoms with E-state index < -0.39 is 0 Å². The molecule has 76 valence electrons. The van der Waals surface area contributed by atoms with Crippen molar-refractivity contribution in [1.29, 1.82) is 0 Å². The standard InChI is InChI=1S/C12H18N2/c1-9-7-10(14-11(13)8-9)5-6-12(2,3)4/h5-8H,1-4H3,(H2,13,14)/b6-5+. The lowest BCUT2D eigenvalue weighted by Crippen LogP contribution is -1.99. The molecule has 1 heterocycles. The van der Waals surface area contributed by atoms with Crippen molar-refractivity contribution in [2.75, 3.05) is 5.73 Å². The Morgan fingerprint density at radius 1 is 1.29 bits per heavy atom. The van der Waals surface area contributed by atoms with Crippen LogP contribution in [-0.4, -0.2) is 4.98 Å². The minimum absolute atomic E-state index is 0.181. The molecule has 0 saturated carbocycles. The molecule has 0 aliphatic carbocycles. The fraction of sp³-hybridized carbons (Fsp3) is 0.417. The second-order valence-corrected chi connectivity index (χ2v) is 4.69. The van der Waals surface area contributed by atoms with E-state index in [0.29, 0.717) is 5.82 Å². The first-order valence-electron chi connectivity index (χ1n) is 4.80. The monoisotopic (exact) mass is 190 g/mol. The quantitative estimate of drug-likeness (QED) is 0.739. The molecule has 0 aliphatic heterocycles. The number of allylic oxidation sites excluding steroid dienone is 1. The molecule has 0 unspecified atom stereocenters. The number of hydrogen-bond acceptors (Lipinski definition) is 2. The van der Waals surface area contributed by atoms with Gasteiger partial charge in [0.2, 0.25) is 0 Å². The maximum atomic E-state index is 5.65. The molecule has 0 spiro atoms. The van der Waals surface area contributed by atoms with Crippen LogP contribution in [-0.2, 0) is 0 Å². The summed E-state index contributed by atoms with van der Waals surface area (Å²) in [5.41, 5.74) is 7.91. The molecule has 2 nitrogen and oxygen atoms in total. The topological polar surface area (TPSA) is 38.9 Å². The summed E-state index contributed by atoms with van der Waals surface area (Å²) < 4.78 is 0. The lowest BCUT2D eigenvalue weighted by atomic mass is 9.96. The molecule has 2 N–H and O–H groups in total. The van der Waals surface area contributed by atoms with Gasteiger partial charge in [0, 0.05) is 0 Å². The second kappa shape index (κ2) is 3.82. The lowest BCUT2D eigenvalue weighted by Gasteiger charge is -2.10. The zero-order valence-corrected chi connectivity index (χ0v) is 9.33. The van der Waals surface area contributed by atoms with Gasteiger partial charge in [-0.25, -0.2) is 4.98 Å². The third-order valence-electron chi connectivity index (χ3n) is 1.76. The first kappa shape index (κ1) is 10.8. The Bertz CT molecular complexity index is 326. The van der Waals surface area contributed by atoms with E-state index in [1.165, 1.54) is 0 Å². The summed E-state index contributed by atoms with van der Waals surface area (Å²) in [5.74, 6) is 0.582. The SMILES string of the molecule is Cc1cc(N)nc(/C=C/C(C)(C)C)c1. The smallest absolute Gasteiger partial charge is 0.124 e. The Balaban J connectivity index is 2.92. The molecule has 1 rings (SSSR count). The van der Waals surface area contributed by atoms with Gasteiger partial charge in [-0.1, -0.05) is 26.8 Å². The van der Waals surface area contributed by atoms with Crippen LogP contribution in [0.5, 0.6) is 0 Å². The summed E-state index contributed by atoms with van der Waals surface area (Å²) in [6.45, 7) is 8.49. The third-order valence-corrected chi connectivity index (χ3v) is 1.76. The number of aromatic nitrogens is 1. The molecule has 0 aliphatic rings. The predicted octanol–water partition coefficient (Wildman–Crippen LogP) is 3.03. The van der Waals surface area contributed by atoms with Crippen molar-refractivity contribution in [1.82, 2.24) is 4.98 Å². The lowest BCUT2D eigenvalue weighted by molar-refractivity contribution is 0.547. The van der Waals surface area contributed by atoms with Gasteiger partial charge in [-0.05, 0) is 36.1 Å². The Morgan fingerprint density at radius 2 is 1.93 bits per heavy atom. The van der Waals surface area contributed by atoms with E-state index in [4.69, 9.17) is 5.73 Å². The van der Waals surface area contributed by atoms with Gasteiger partial charge in [0.15, 0.2) is 0 Å². The van der Waals surface area contributed by atoms with E-state index in [1.54, 1.807) is 0 Å². The highest BCUT2D eigenvalue weighted by molar-refractivity contribution is 5.50. The number of nitrogens with two attached hydrogens (primary N) is 1. The number of pyridine rings is 1. The highest BCUT2D eigenvalue weighted by atomic mass is 14.8. The van der Waals surface area contributed by atoms with Crippen LogP contribution in [0.3, 0.4) is 0 Å². The van der Waals surface area contributed by atoms with Crippen LogP contribution < -0.4 is 5.73 Å². The summed E-state index contributed by atoms with van der Waals surface area (Å²) in [5, 5.41) is 0. The maximum Gasteiger partial charge on any atom is 0.124 e. The van der Waals surface area contributed by atoms with Gasteiger partial charge in [-0.15, -0.1) is 0 Å². The molecule has 1 aromatic rings. The first-order valence-corrected chi connectivity index (χ1v) is 4.80. The molecular formula is C12H18N2. The molecular weight excluding hydrogens is 172 g/mol. The summed E-state index contributed by atoms with van der Waals surface area (Å²) in [6, 6.07) is 3.90. The van der Waals surface area contributed by atoms with Gasteiger partial charge in [0.05, 0.1) is 5.69 Å². The third kappa shape index (κ3) is 3.60. The molecule has 0 aromatic carbocycles. The van der Waals surface area contributed by atoms with Crippen molar-refractivity contribution in [2.45, 2.75) is 27.7 Å². The van der Waals surface area contributed by atoms with E-state index in [-0.39, 0.29) is 5.41 Å². The average molecular weight is 190 g/mol. The fourth-order valence-electron chi connectivity index (χ4n) is 1.14. The van der Waals surface area contributed by atoms with E-state index in [1.807, 2.05) is 25.1 Å². The van der Waals surface area contributed by atoms with Crippen molar-refractivity contribution >= 4 is 11.9 Å². The predicted molar refractivity (Wildman–Crippen MR) is 61.9 cm³/mol. The number of nitrogen functional groups attached to an aromatic ring is 1. The molecule has 2 heteroatoms. The van der Waals surface area contributed by atoms with Crippen LogP contribution in [0.15, 0.2) is 18.2 Å². The molecule has 0 bridgehead atoms. The van der Waals surface area contributed by atoms with Crippen LogP contribution in [0.25, 0.3) is 6.08 Å². The molecule has 0 radical (unpaired) electrons. The Hall–Kier alpha value is -1.31. The van der Waals surface area contributed by atoms with Crippen molar-refractivity contribution in [2.24, 2.45) is 5.41 Å². The van der Waals surface area contributed by atoms with Crippen molar-refractivity contribution < 1.29 is 0 Å². The second-order valence-electron chi connectivity index (χ2n) is 4.69. The van der Waals surface area contributed by atoms with Crippen LogP contribution in [0.2, 0.25) is 0 Å². The minimum Gasteiger partial charge on any atom is -0.384 e. The van der Waals surface area contributed by atoms with Gasteiger partial charge in [-0.3, -0.25) is 0 Å². The summed E-state index contributed by atoms with van der Waals surface area (Å²) in [6.07, 6.45) is 4.15. The minimum atomic E-state index is 0.181. The molecule has 0 atom stereocenters. The van der Waals surface area contributed by atoms with Gasteiger partial charge >= 0.3 is 0 Å². The number of rotatable bonds is 1. The number of aryl methyl sites for hydroxylation is 1. The molecule has 0 saturated heterocycles. The summed E-state index contributed by atoms with van der Waals surface area (Å²) in [7, 11) is 0. The summed E-state index contributed by atoms with van der Waals surface area (Å²) in [4.78, 5) is 4.23. The summed E-state index contributed by atoms with van der Waals surface area (Å²) >= 11 is 0. The van der Waals surface area contributed by atoms with E-state index in [0.717, 1.165) is 11.3 Å². The molecule has 0 fully saturated rings. The Labute approximate surface area is 85.9 Å². The normalized spacial score (nSPS) is 12.3. The van der Waals surface area contributed by atoms with Crippen molar-refractivity contribution in [3.05, 3.63) is 29.5 Å². The zero-order valence-electron chi connectivity index (χ0n) is 9.33. The molecule has 14 heavy (non-hydrogen) atoms. The highest BCUT2D eigenvalue weighted by Crippen LogP contribution is 2.17. The van der Waals surface area contributed by atoms with Crippen LogP contribution in [0.4, 0.5) is 5.82 Å². The maximum absolute atomic E-state index is 5.65. The Morgan fingerprint density at radius 3 is 2.43 bits per heavy atom. The number of nitrogens with zero attached hydrogens (tertiary/aromatic N) is 1. The van der Waals surface area contributed by atoms with Crippen molar-refractivity contribution in [3.63, 3.8) is 0 Å². The van der Waals surface area contributed by atoms with Gasteiger partial charge in [0.1, 0.15) is 5.82 Å². The fourth-order valence-corrected chi connectivity index (χ4v) is 1.14. The van der Waals surface area contributed by atoms with Crippen LogP contribution >= 0.6 is 0 Å².